The number of carbonyl (C=O) groups excluding carboxylic acids is 1. The molecule has 3 aromatic rings. The van der Waals surface area contributed by atoms with Gasteiger partial charge in [-0.25, -0.2) is 18.7 Å². The molecule has 1 amide bonds. The maximum atomic E-state index is 14.6. The largest absolute Gasteiger partial charge is 0.408 e. The van der Waals surface area contributed by atoms with E-state index in [1.165, 1.54) is 30.7 Å². The number of aromatic nitrogens is 4. The van der Waals surface area contributed by atoms with Gasteiger partial charge in [0.15, 0.2) is 11.5 Å². The van der Waals surface area contributed by atoms with Crippen molar-refractivity contribution < 1.29 is 26.7 Å². The third kappa shape index (κ3) is 5.47. The Balaban J connectivity index is 1.60. The molecule has 1 aliphatic heterocycles. The number of benzene rings is 1. The summed E-state index contributed by atoms with van der Waals surface area (Å²) in [6.07, 6.45) is -1.81. The molecule has 2 aromatic heterocycles. The number of rotatable bonds is 5. The highest BCUT2D eigenvalue weighted by atomic mass is 19.4. The van der Waals surface area contributed by atoms with Crippen molar-refractivity contribution >= 4 is 11.7 Å². The maximum absolute atomic E-state index is 14.6. The molecule has 3 heterocycles. The minimum absolute atomic E-state index is 0.00785. The van der Waals surface area contributed by atoms with Gasteiger partial charge in [-0.15, -0.1) is 0 Å². The van der Waals surface area contributed by atoms with Crippen LogP contribution in [0.15, 0.2) is 36.8 Å². The van der Waals surface area contributed by atoms with Gasteiger partial charge in [0.25, 0.3) is 5.91 Å². The molecule has 0 radical (unpaired) electrons. The Morgan fingerprint density at radius 3 is 2.76 bits per heavy atom. The van der Waals surface area contributed by atoms with E-state index in [1.807, 2.05) is 0 Å². The summed E-state index contributed by atoms with van der Waals surface area (Å²) >= 11 is 0. The van der Waals surface area contributed by atoms with E-state index >= 15 is 0 Å². The molecule has 8 nitrogen and oxygen atoms in total. The summed E-state index contributed by atoms with van der Waals surface area (Å²) in [5, 5.41) is 9.18. The summed E-state index contributed by atoms with van der Waals surface area (Å²) in [5.41, 5.74) is 6.22. The zero-order chi connectivity index (χ0) is 24.5. The Hall–Kier alpha value is -3.61. The number of carbonyl (C=O) groups is 1. The fourth-order valence-electron chi connectivity index (χ4n) is 3.63. The van der Waals surface area contributed by atoms with Gasteiger partial charge < -0.3 is 16.4 Å². The van der Waals surface area contributed by atoms with Crippen LogP contribution in [-0.2, 0) is 6.54 Å². The molecular formula is C21H20F5N7O. The summed E-state index contributed by atoms with van der Waals surface area (Å²) in [7, 11) is 0. The number of nitrogen functional groups attached to an aromatic ring is 1. The highest BCUT2D eigenvalue weighted by molar-refractivity contribution is 5.97. The normalized spacial score (nSPS) is 18.6. The lowest BCUT2D eigenvalue weighted by atomic mass is 10.0. The maximum Gasteiger partial charge on any atom is 0.408 e. The summed E-state index contributed by atoms with van der Waals surface area (Å²) in [6.45, 7) is -0.685. The van der Waals surface area contributed by atoms with Crippen LogP contribution in [0.4, 0.5) is 27.8 Å². The zero-order valence-corrected chi connectivity index (χ0v) is 17.6. The Kier molecular flexibility index (Phi) is 6.46. The molecule has 1 aliphatic rings. The van der Waals surface area contributed by atoms with Crippen LogP contribution in [0.25, 0.3) is 22.4 Å². The topological polar surface area (TPSA) is 111 Å². The van der Waals surface area contributed by atoms with Crippen LogP contribution in [0.1, 0.15) is 16.9 Å². The molecule has 1 saturated heterocycles. The summed E-state index contributed by atoms with van der Waals surface area (Å²) in [6, 6.07) is 3.40. The minimum atomic E-state index is -4.44. The van der Waals surface area contributed by atoms with Crippen LogP contribution in [0.2, 0.25) is 0 Å². The lowest BCUT2D eigenvalue weighted by Crippen LogP contribution is -2.49. The quantitative estimate of drug-likeness (QED) is 0.484. The third-order valence-electron chi connectivity index (χ3n) is 5.20. The molecule has 4 N–H and O–H groups in total. The molecule has 34 heavy (non-hydrogen) atoms. The van der Waals surface area contributed by atoms with Gasteiger partial charge in [0, 0.05) is 42.9 Å². The Labute approximate surface area is 190 Å². The molecule has 0 saturated carbocycles. The number of alkyl halides is 4. The molecule has 1 fully saturated rings. The number of halogens is 5. The number of hydrogen-bond donors (Lipinski definition) is 3. The van der Waals surface area contributed by atoms with Gasteiger partial charge in [-0.3, -0.25) is 9.48 Å². The second kappa shape index (κ2) is 9.33. The molecular weight excluding hydrogens is 461 g/mol. The van der Waals surface area contributed by atoms with Gasteiger partial charge in [0.05, 0.1) is 18.1 Å². The van der Waals surface area contributed by atoms with E-state index in [9.17, 15) is 26.7 Å². The van der Waals surface area contributed by atoms with Crippen molar-refractivity contribution in [2.75, 3.05) is 18.8 Å². The Morgan fingerprint density at radius 2 is 2.03 bits per heavy atom. The minimum Gasteiger partial charge on any atom is -0.382 e. The van der Waals surface area contributed by atoms with Crippen LogP contribution >= 0.6 is 0 Å². The van der Waals surface area contributed by atoms with Crippen molar-refractivity contribution in [2.45, 2.75) is 31.4 Å². The second-order valence-corrected chi connectivity index (χ2v) is 7.89. The average Bonchev–Trinajstić information content (AvgIpc) is 3.21. The van der Waals surface area contributed by atoms with Crippen LogP contribution in [-0.4, -0.2) is 57.1 Å². The fraction of sp³-hybridized carbons (Fsp3) is 0.333. The van der Waals surface area contributed by atoms with Crippen LogP contribution in [0.5, 0.6) is 0 Å². The summed E-state index contributed by atoms with van der Waals surface area (Å²) in [5.74, 6) is -1.56. The molecule has 13 heteroatoms. The van der Waals surface area contributed by atoms with E-state index in [-0.39, 0.29) is 35.7 Å². The van der Waals surface area contributed by atoms with E-state index in [4.69, 9.17) is 5.73 Å². The number of piperidine rings is 1. The van der Waals surface area contributed by atoms with Gasteiger partial charge in [0.1, 0.15) is 18.5 Å². The standard InChI is InChI=1S/C21H20F5N7O/c22-13-4-14(7-28-6-13)31-20(34)18-19(27)29-8-17(32-18)15-3-11(1-2-16(15)23)12-5-30-33(9-12)10-21(24,25)26/h1-3,5,8-9,13-14,28H,4,6-7,10H2,(H2,27,29)(H,31,34). The zero-order valence-electron chi connectivity index (χ0n) is 17.6. The van der Waals surface area contributed by atoms with Crippen molar-refractivity contribution in [2.24, 2.45) is 0 Å². The highest BCUT2D eigenvalue weighted by Gasteiger charge is 2.28. The third-order valence-corrected chi connectivity index (χ3v) is 5.20. The van der Waals surface area contributed by atoms with Crippen LogP contribution < -0.4 is 16.4 Å². The van der Waals surface area contributed by atoms with E-state index in [1.54, 1.807) is 0 Å². The van der Waals surface area contributed by atoms with Gasteiger partial charge in [-0.1, -0.05) is 6.07 Å². The molecule has 0 bridgehead atoms. The fourth-order valence-corrected chi connectivity index (χ4v) is 3.63. The number of nitrogens with zero attached hydrogens (tertiary/aromatic N) is 4. The first-order valence-corrected chi connectivity index (χ1v) is 10.3. The van der Waals surface area contributed by atoms with Crippen molar-refractivity contribution in [3.63, 3.8) is 0 Å². The molecule has 0 aliphatic carbocycles. The van der Waals surface area contributed by atoms with E-state index in [2.05, 4.69) is 25.7 Å². The van der Waals surface area contributed by atoms with Crippen molar-refractivity contribution in [1.29, 1.82) is 0 Å². The van der Waals surface area contributed by atoms with E-state index < -0.39 is 36.7 Å². The lowest BCUT2D eigenvalue weighted by Gasteiger charge is -2.26. The molecule has 1 aromatic carbocycles. The van der Waals surface area contributed by atoms with Gasteiger partial charge in [-0.05, 0) is 17.7 Å². The first-order chi connectivity index (χ1) is 16.1. The molecule has 0 spiro atoms. The molecule has 4 rings (SSSR count). The lowest BCUT2D eigenvalue weighted by molar-refractivity contribution is -0.142. The predicted octanol–water partition coefficient (Wildman–Crippen LogP) is 2.72. The number of nitrogens with one attached hydrogen (secondary N) is 2. The second-order valence-electron chi connectivity index (χ2n) is 7.89. The Morgan fingerprint density at radius 1 is 1.24 bits per heavy atom. The smallest absolute Gasteiger partial charge is 0.382 e. The number of anilines is 1. The van der Waals surface area contributed by atoms with Crippen LogP contribution in [0.3, 0.4) is 0 Å². The highest BCUT2D eigenvalue weighted by Crippen LogP contribution is 2.29. The summed E-state index contributed by atoms with van der Waals surface area (Å²) in [4.78, 5) is 20.8. The average molecular weight is 481 g/mol. The molecule has 180 valence electrons. The van der Waals surface area contributed by atoms with Gasteiger partial charge in [0.2, 0.25) is 0 Å². The van der Waals surface area contributed by atoms with Gasteiger partial charge in [-0.2, -0.15) is 18.3 Å². The number of hydrogen-bond acceptors (Lipinski definition) is 6. The molecule has 2 atom stereocenters. The number of amides is 1. The van der Waals surface area contributed by atoms with E-state index in [0.29, 0.717) is 17.7 Å². The molecule has 2 unspecified atom stereocenters. The predicted molar refractivity (Wildman–Crippen MR) is 113 cm³/mol. The van der Waals surface area contributed by atoms with Crippen molar-refractivity contribution in [3.05, 3.63) is 48.3 Å². The summed E-state index contributed by atoms with van der Waals surface area (Å²) < 4.78 is 66.8. The monoisotopic (exact) mass is 481 g/mol. The van der Waals surface area contributed by atoms with Crippen molar-refractivity contribution in [1.82, 2.24) is 30.4 Å². The first kappa shape index (κ1) is 23.5. The first-order valence-electron chi connectivity index (χ1n) is 10.3. The SMILES string of the molecule is Nc1ncc(-c2cc(-c3cnn(CC(F)(F)F)c3)ccc2F)nc1C(=O)NC1CNCC(F)C1. The Bertz CT molecular complexity index is 1200. The van der Waals surface area contributed by atoms with Crippen molar-refractivity contribution in [3.8, 4) is 22.4 Å². The number of nitrogens with two attached hydrogens (primary N) is 1. The van der Waals surface area contributed by atoms with E-state index in [0.717, 1.165) is 10.7 Å². The van der Waals surface area contributed by atoms with Gasteiger partial charge >= 0.3 is 6.18 Å². The van der Waals surface area contributed by atoms with Crippen LogP contribution in [0, 0.1) is 5.82 Å².